The smallest absolute Gasteiger partial charge is 0.329 e. The first kappa shape index (κ1) is 14.8. The highest BCUT2D eigenvalue weighted by Crippen LogP contribution is 2.29. The molecule has 0 aromatic heterocycles. The van der Waals surface area contributed by atoms with Crippen molar-refractivity contribution in [3.63, 3.8) is 0 Å². The molecule has 1 aromatic carbocycles. The van der Waals surface area contributed by atoms with Crippen molar-refractivity contribution in [1.82, 2.24) is 4.90 Å². The molecule has 7 heteroatoms. The Morgan fingerprint density at radius 3 is 2.43 bits per heavy atom. The lowest BCUT2D eigenvalue weighted by molar-refractivity contribution is -0.146. The van der Waals surface area contributed by atoms with E-state index in [0.29, 0.717) is 30.6 Å². The fourth-order valence-corrected chi connectivity index (χ4v) is 2.42. The number of urea groups is 1. The van der Waals surface area contributed by atoms with Gasteiger partial charge in [0, 0.05) is 17.8 Å². The number of nitrogens with two attached hydrogens (primary N) is 1. The van der Waals surface area contributed by atoms with Crippen molar-refractivity contribution >= 4 is 23.6 Å². The number of primary amides is 1. The van der Waals surface area contributed by atoms with Gasteiger partial charge in [-0.15, -0.1) is 0 Å². The molecule has 1 aliphatic rings. The molecule has 1 aliphatic heterocycles. The van der Waals surface area contributed by atoms with E-state index in [2.05, 4.69) is 5.32 Å². The van der Waals surface area contributed by atoms with Gasteiger partial charge in [-0.2, -0.15) is 0 Å². The fourth-order valence-electron chi connectivity index (χ4n) is 2.42. The van der Waals surface area contributed by atoms with Crippen LogP contribution >= 0.6 is 0 Å². The zero-order valence-corrected chi connectivity index (χ0v) is 11.6. The molecule has 1 saturated heterocycles. The van der Waals surface area contributed by atoms with Crippen LogP contribution in [0.4, 0.5) is 10.5 Å². The second-order valence-corrected chi connectivity index (χ2v) is 5.21. The highest BCUT2D eigenvalue weighted by atomic mass is 16.4. The molecule has 112 valence electrons. The maximum atomic E-state index is 12.2. The summed E-state index contributed by atoms with van der Waals surface area (Å²) >= 11 is 0. The minimum Gasteiger partial charge on any atom is -0.480 e. The Morgan fingerprint density at radius 1 is 1.29 bits per heavy atom. The lowest BCUT2D eigenvalue weighted by Crippen LogP contribution is -2.52. The van der Waals surface area contributed by atoms with E-state index < -0.39 is 23.4 Å². The average molecular weight is 291 g/mol. The quantitative estimate of drug-likeness (QED) is 0.778. The molecule has 1 heterocycles. The molecular formula is C14H17N3O4. The van der Waals surface area contributed by atoms with Crippen LogP contribution in [-0.4, -0.2) is 40.0 Å². The number of likely N-dealkylation sites (tertiary alicyclic amines) is 1. The van der Waals surface area contributed by atoms with E-state index in [-0.39, 0.29) is 0 Å². The highest BCUT2D eigenvalue weighted by molar-refractivity contribution is 5.96. The number of hydrogen-bond acceptors (Lipinski definition) is 3. The zero-order chi connectivity index (χ0) is 15.6. The number of benzene rings is 1. The maximum absolute atomic E-state index is 12.2. The van der Waals surface area contributed by atoms with Gasteiger partial charge in [-0.1, -0.05) is 0 Å². The van der Waals surface area contributed by atoms with E-state index >= 15 is 0 Å². The van der Waals surface area contributed by atoms with Gasteiger partial charge >= 0.3 is 12.0 Å². The summed E-state index contributed by atoms with van der Waals surface area (Å²) in [5.74, 6) is -1.56. The number of carbonyl (C=O) groups is 3. The van der Waals surface area contributed by atoms with E-state index in [4.69, 9.17) is 5.73 Å². The van der Waals surface area contributed by atoms with Crippen molar-refractivity contribution in [2.45, 2.75) is 25.3 Å². The van der Waals surface area contributed by atoms with Crippen LogP contribution in [0, 0.1) is 0 Å². The lowest BCUT2D eigenvalue weighted by Gasteiger charge is -2.31. The minimum absolute atomic E-state index is 0.338. The Balaban J connectivity index is 2.11. The molecule has 4 N–H and O–H groups in total. The topological polar surface area (TPSA) is 113 Å². The number of nitrogens with one attached hydrogen (secondary N) is 1. The van der Waals surface area contributed by atoms with Crippen molar-refractivity contribution in [3.05, 3.63) is 29.8 Å². The number of aliphatic carboxylic acids is 1. The molecule has 1 unspecified atom stereocenters. The predicted molar refractivity (Wildman–Crippen MR) is 76.0 cm³/mol. The molecule has 1 aromatic rings. The van der Waals surface area contributed by atoms with Crippen molar-refractivity contribution in [3.8, 4) is 0 Å². The molecule has 1 fully saturated rings. The van der Waals surface area contributed by atoms with Crippen molar-refractivity contribution in [2.24, 2.45) is 5.73 Å². The maximum Gasteiger partial charge on any atom is 0.329 e. The number of hydrogen-bond donors (Lipinski definition) is 3. The van der Waals surface area contributed by atoms with Crippen LogP contribution in [0.25, 0.3) is 0 Å². The molecule has 0 aliphatic carbocycles. The van der Waals surface area contributed by atoms with Gasteiger partial charge in [-0.25, -0.2) is 9.59 Å². The van der Waals surface area contributed by atoms with E-state index in [1.807, 2.05) is 0 Å². The Labute approximate surface area is 121 Å². The second-order valence-electron chi connectivity index (χ2n) is 5.21. The first-order valence-corrected chi connectivity index (χ1v) is 6.56. The van der Waals surface area contributed by atoms with E-state index in [1.165, 1.54) is 24.0 Å². The molecule has 7 nitrogen and oxygen atoms in total. The van der Waals surface area contributed by atoms with Crippen LogP contribution < -0.4 is 11.1 Å². The summed E-state index contributed by atoms with van der Waals surface area (Å²) in [5.41, 5.74) is 4.76. The summed E-state index contributed by atoms with van der Waals surface area (Å²) in [6.07, 6.45) is 1.08. The number of nitrogens with zero attached hydrogens (tertiary/aromatic N) is 1. The second kappa shape index (κ2) is 5.43. The summed E-state index contributed by atoms with van der Waals surface area (Å²) in [6.45, 7) is 1.94. The van der Waals surface area contributed by atoms with Gasteiger partial charge in [0.2, 0.25) is 5.91 Å². The monoisotopic (exact) mass is 291 g/mol. The van der Waals surface area contributed by atoms with Gasteiger partial charge in [-0.3, -0.25) is 4.79 Å². The van der Waals surface area contributed by atoms with Crippen molar-refractivity contribution < 1.29 is 19.5 Å². The summed E-state index contributed by atoms with van der Waals surface area (Å²) in [4.78, 5) is 35.8. The molecule has 0 spiro atoms. The summed E-state index contributed by atoms with van der Waals surface area (Å²) in [7, 11) is 0. The van der Waals surface area contributed by atoms with Gasteiger partial charge in [-0.05, 0) is 44.0 Å². The number of amides is 3. The molecule has 3 amide bonds. The van der Waals surface area contributed by atoms with Gasteiger partial charge < -0.3 is 21.1 Å². The average Bonchev–Trinajstić information content (AvgIpc) is 2.83. The molecule has 21 heavy (non-hydrogen) atoms. The van der Waals surface area contributed by atoms with Crippen LogP contribution in [0.3, 0.4) is 0 Å². The number of carboxylic acid groups (broad SMARTS) is 1. The van der Waals surface area contributed by atoms with Crippen molar-refractivity contribution in [1.29, 1.82) is 0 Å². The lowest BCUT2D eigenvalue weighted by atomic mass is 10.00. The number of rotatable bonds is 3. The van der Waals surface area contributed by atoms with Crippen LogP contribution in [0.1, 0.15) is 30.1 Å². The van der Waals surface area contributed by atoms with Gasteiger partial charge in [0.05, 0.1) is 0 Å². The highest BCUT2D eigenvalue weighted by Gasteiger charge is 2.45. The van der Waals surface area contributed by atoms with Crippen LogP contribution in [0.5, 0.6) is 0 Å². The molecule has 2 rings (SSSR count). The fraction of sp³-hybridized carbons (Fsp3) is 0.357. The van der Waals surface area contributed by atoms with Crippen LogP contribution in [0.2, 0.25) is 0 Å². The van der Waals surface area contributed by atoms with E-state index in [9.17, 15) is 19.5 Å². The van der Waals surface area contributed by atoms with Gasteiger partial charge in [0.15, 0.2) is 0 Å². The first-order chi connectivity index (χ1) is 9.84. The third kappa shape index (κ3) is 2.81. The number of carbonyl (C=O) groups excluding carboxylic acids is 2. The third-order valence-electron chi connectivity index (χ3n) is 3.77. The normalized spacial score (nSPS) is 21.1. The molecule has 0 radical (unpaired) electrons. The van der Waals surface area contributed by atoms with Crippen LogP contribution in [-0.2, 0) is 4.79 Å². The Bertz CT molecular complexity index is 584. The zero-order valence-electron chi connectivity index (χ0n) is 11.6. The Kier molecular flexibility index (Phi) is 3.84. The predicted octanol–water partition coefficient (Wildman–Crippen LogP) is 1.26. The number of carboxylic acids is 1. The minimum atomic E-state index is -1.18. The first-order valence-electron chi connectivity index (χ1n) is 6.56. The molecule has 0 saturated carbocycles. The summed E-state index contributed by atoms with van der Waals surface area (Å²) < 4.78 is 0. The summed E-state index contributed by atoms with van der Waals surface area (Å²) in [6, 6.07) is 5.62. The molecule has 0 bridgehead atoms. The van der Waals surface area contributed by atoms with Crippen LogP contribution in [0.15, 0.2) is 24.3 Å². The SMILES string of the molecule is CC1(C(=O)O)CCCN1C(=O)Nc1ccc(C(N)=O)cc1. The van der Waals surface area contributed by atoms with Gasteiger partial charge in [0.25, 0.3) is 0 Å². The van der Waals surface area contributed by atoms with E-state index in [1.54, 1.807) is 12.1 Å². The van der Waals surface area contributed by atoms with Gasteiger partial charge in [0.1, 0.15) is 5.54 Å². The summed E-state index contributed by atoms with van der Waals surface area (Å²) in [5, 5.41) is 11.9. The standard InChI is InChI=1S/C14H17N3O4/c1-14(12(19)20)7-2-8-17(14)13(21)16-10-5-3-9(4-6-10)11(15)18/h3-6H,2,7-8H2,1H3,(H2,15,18)(H,16,21)(H,19,20). The third-order valence-corrected chi connectivity index (χ3v) is 3.77. The van der Waals surface area contributed by atoms with E-state index in [0.717, 1.165) is 0 Å². The van der Waals surface area contributed by atoms with Crippen molar-refractivity contribution in [2.75, 3.05) is 11.9 Å². The largest absolute Gasteiger partial charge is 0.480 e. The Morgan fingerprint density at radius 2 is 1.90 bits per heavy atom. The molecule has 1 atom stereocenters. The Hall–Kier alpha value is -2.57. The number of anilines is 1. The molecular weight excluding hydrogens is 274 g/mol.